The monoisotopic (exact) mass is 480 g/mol. The van der Waals surface area contributed by atoms with Crippen LogP contribution < -0.4 is 4.90 Å². The number of rotatable bonds is 5. The Morgan fingerprint density at radius 1 is 1.06 bits per heavy atom. The molecular formula is C19H16F4N8O3. The van der Waals surface area contributed by atoms with E-state index in [4.69, 9.17) is 5.11 Å². The molecule has 2 aromatic heterocycles. The van der Waals surface area contributed by atoms with Crippen LogP contribution in [0.2, 0.25) is 0 Å². The van der Waals surface area contributed by atoms with Crippen molar-refractivity contribution in [2.24, 2.45) is 0 Å². The molecule has 0 radical (unpaired) electrons. The van der Waals surface area contributed by atoms with E-state index >= 15 is 0 Å². The van der Waals surface area contributed by atoms with Gasteiger partial charge in [0, 0.05) is 38.6 Å². The molecule has 3 heterocycles. The summed E-state index contributed by atoms with van der Waals surface area (Å²) in [5.41, 5.74) is -1.90. The fourth-order valence-corrected chi connectivity index (χ4v) is 3.42. The van der Waals surface area contributed by atoms with Crippen LogP contribution in [0.3, 0.4) is 0 Å². The van der Waals surface area contributed by atoms with Crippen LogP contribution in [-0.4, -0.2) is 78.2 Å². The van der Waals surface area contributed by atoms with Gasteiger partial charge in [0.1, 0.15) is 11.4 Å². The molecule has 0 unspecified atom stereocenters. The number of nitrogens with zero attached hydrogens (tertiary/aromatic N) is 8. The Kier molecular flexibility index (Phi) is 6.08. The summed E-state index contributed by atoms with van der Waals surface area (Å²) in [5, 5.41) is 20.0. The van der Waals surface area contributed by atoms with Crippen LogP contribution in [0, 0.1) is 5.82 Å². The molecule has 1 fully saturated rings. The average Bonchev–Trinajstić information content (AvgIpc) is 3.25. The standard InChI is InChI=1S/C19H16F4N8O3/c20-13-3-1-2-12(15(13)19(21,22)23)17(34)29-4-6-30(7-5-29)18-24-8-11(9-25-18)16-26-28-31(27-16)10-14(32)33/h1-3,8-9H,4-7,10H2,(H,32,33). The number of hydrogen-bond acceptors (Lipinski definition) is 8. The molecule has 0 bridgehead atoms. The molecule has 1 aromatic carbocycles. The van der Waals surface area contributed by atoms with Gasteiger partial charge in [-0.15, -0.1) is 10.2 Å². The molecule has 1 amide bonds. The minimum absolute atomic E-state index is 0.0861. The number of hydrogen-bond donors (Lipinski definition) is 1. The molecule has 0 spiro atoms. The number of aliphatic carboxylic acids is 1. The van der Waals surface area contributed by atoms with Gasteiger partial charge >= 0.3 is 12.1 Å². The van der Waals surface area contributed by atoms with Crippen LogP contribution in [0.15, 0.2) is 30.6 Å². The van der Waals surface area contributed by atoms with E-state index in [2.05, 4.69) is 25.4 Å². The Balaban J connectivity index is 1.42. The van der Waals surface area contributed by atoms with Crippen molar-refractivity contribution in [2.75, 3.05) is 31.1 Å². The molecule has 0 saturated carbocycles. The van der Waals surface area contributed by atoms with Gasteiger partial charge in [-0.25, -0.2) is 14.4 Å². The number of alkyl halides is 3. The second-order valence-corrected chi connectivity index (χ2v) is 7.25. The zero-order valence-corrected chi connectivity index (χ0v) is 17.3. The number of carboxylic acid groups (broad SMARTS) is 1. The molecule has 1 aliphatic rings. The van der Waals surface area contributed by atoms with Crippen molar-refractivity contribution < 1.29 is 32.3 Å². The van der Waals surface area contributed by atoms with Crippen LogP contribution in [0.1, 0.15) is 15.9 Å². The van der Waals surface area contributed by atoms with Crippen molar-refractivity contribution in [1.82, 2.24) is 35.1 Å². The first-order valence-corrected chi connectivity index (χ1v) is 9.85. The van der Waals surface area contributed by atoms with Gasteiger partial charge in [-0.05, 0) is 17.3 Å². The van der Waals surface area contributed by atoms with E-state index in [0.29, 0.717) is 17.6 Å². The second kappa shape index (κ2) is 8.99. The summed E-state index contributed by atoms with van der Waals surface area (Å²) in [6.45, 7) is 0.213. The van der Waals surface area contributed by atoms with Crippen molar-refractivity contribution in [3.63, 3.8) is 0 Å². The highest BCUT2D eigenvalue weighted by molar-refractivity contribution is 5.96. The molecule has 1 aliphatic heterocycles. The SMILES string of the molecule is O=C(O)Cn1nnc(-c2cnc(N3CCN(C(=O)c4cccc(F)c4C(F)(F)F)CC3)nc2)n1. The Morgan fingerprint density at radius 3 is 2.35 bits per heavy atom. The Labute approximate surface area is 188 Å². The third-order valence-electron chi connectivity index (χ3n) is 5.00. The molecule has 1 saturated heterocycles. The smallest absolute Gasteiger partial charge is 0.420 e. The van der Waals surface area contributed by atoms with Gasteiger partial charge in [-0.1, -0.05) is 6.07 Å². The Morgan fingerprint density at radius 2 is 1.74 bits per heavy atom. The number of aromatic nitrogens is 6. The molecule has 15 heteroatoms. The number of piperazine rings is 1. The molecule has 4 rings (SSSR count). The third kappa shape index (κ3) is 4.77. The molecule has 0 atom stereocenters. The third-order valence-corrected chi connectivity index (χ3v) is 5.00. The van der Waals surface area contributed by atoms with Gasteiger partial charge in [0.25, 0.3) is 5.91 Å². The number of amides is 1. The summed E-state index contributed by atoms with van der Waals surface area (Å²) in [6.07, 6.45) is -2.16. The zero-order chi connectivity index (χ0) is 24.5. The first kappa shape index (κ1) is 23.0. The maximum atomic E-state index is 13.8. The van der Waals surface area contributed by atoms with E-state index in [1.807, 2.05) is 0 Å². The van der Waals surface area contributed by atoms with Gasteiger partial charge in [-0.2, -0.15) is 18.0 Å². The molecular weight excluding hydrogens is 464 g/mol. The molecule has 34 heavy (non-hydrogen) atoms. The lowest BCUT2D eigenvalue weighted by atomic mass is 10.0. The molecule has 0 aliphatic carbocycles. The van der Waals surface area contributed by atoms with Crippen molar-refractivity contribution in [3.05, 3.63) is 47.5 Å². The number of halogens is 4. The largest absolute Gasteiger partial charge is 0.480 e. The highest BCUT2D eigenvalue weighted by atomic mass is 19.4. The van der Waals surface area contributed by atoms with E-state index in [1.54, 1.807) is 4.90 Å². The van der Waals surface area contributed by atoms with Crippen LogP contribution in [-0.2, 0) is 17.5 Å². The van der Waals surface area contributed by atoms with E-state index in [9.17, 15) is 27.2 Å². The average molecular weight is 480 g/mol. The van der Waals surface area contributed by atoms with Gasteiger partial charge in [0.05, 0.1) is 11.1 Å². The summed E-state index contributed by atoms with van der Waals surface area (Å²) in [6, 6.07) is 2.70. The zero-order valence-electron chi connectivity index (χ0n) is 17.3. The van der Waals surface area contributed by atoms with E-state index < -0.39 is 41.5 Å². The Bertz CT molecular complexity index is 1210. The number of benzene rings is 1. The van der Waals surface area contributed by atoms with Crippen LogP contribution in [0.5, 0.6) is 0 Å². The van der Waals surface area contributed by atoms with Gasteiger partial charge < -0.3 is 14.9 Å². The van der Waals surface area contributed by atoms with Crippen LogP contribution in [0.25, 0.3) is 11.4 Å². The highest BCUT2D eigenvalue weighted by Gasteiger charge is 2.39. The number of carbonyl (C=O) groups is 2. The number of carboxylic acids is 1. The van der Waals surface area contributed by atoms with Gasteiger partial charge in [-0.3, -0.25) is 9.59 Å². The van der Waals surface area contributed by atoms with Crippen molar-refractivity contribution >= 4 is 17.8 Å². The molecule has 3 aromatic rings. The lowest BCUT2D eigenvalue weighted by molar-refractivity contribution is -0.140. The second-order valence-electron chi connectivity index (χ2n) is 7.25. The topological polar surface area (TPSA) is 130 Å². The lowest BCUT2D eigenvalue weighted by Crippen LogP contribution is -2.49. The van der Waals surface area contributed by atoms with Gasteiger partial charge in [0.2, 0.25) is 11.8 Å². The number of tetrazole rings is 1. The summed E-state index contributed by atoms with van der Waals surface area (Å²) < 4.78 is 53.6. The van der Waals surface area contributed by atoms with E-state index in [0.717, 1.165) is 16.9 Å². The quantitative estimate of drug-likeness (QED) is 0.538. The first-order chi connectivity index (χ1) is 16.1. The van der Waals surface area contributed by atoms with Crippen LogP contribution >= 0.6 is 0 Å². The van der Waals surface area contributed by atoms with Crippen molar-refractivity contribution in [1.29, 1.82) is 0 Å². The van der Waals surface area contributed by atoms with E-state index in [-0.39, 0.29) is 32.0 Å². The summed E-state index contributed by atoms with van der Waals surface area (Å²) >= 11 is 0. The minimum atomic E-state index is -5.00. The summed E-state index contributed by atoms with van der Waals surface area (Å²) in [5.74, 6) is -3.07. The fourth-order valence-electron chi connectivity index (χ4n) is 3.42. The van der Waals surface area contributed by atoms with Crippen molar-refractivity contribution in [2.45, 2.75) is 12.7 Å². The lowest BCUT2D eigenvalue weighted by Gasteiger charge is -2.35. The molecule has 178 valence electrons. The van der Waals surface area contributed by atoms with Gasteiger partial charge in [0.15, 0.2) is 6.54 Å². The maximum absolute atomic E-state index is 13.8. The van der Waals surface area contributed by atoms with Crippen molar-refractivity contribution in [3.8, 4) is 11.4 Å². The number of anilines is 1. The first-order valence-electron chi connectivity index (χ1n) is 9.85. The predicted octanol–water partition coefficient (Wildman–Crippen LogP) is 1.34. The summed E-state index contributed by atoms with van der Waals surface area (Å²) in [7, 11) is 0. The normalized spacial score (nSPS) is 14.4. The molecule has 11 nitrogen and oxygen atoms in total. The minimum Gasteiger partial charge on any atom is -0.480 e. The predicted molar refractivity (Wildman–Crippen MR) is 106 cm³/mol. The number of carbonyl (C=O) groups excluding carboxylic acids is 1. The maximum Gasteiger partial charge on any atom is 0.420 e. The summed E-state index contributed by atoms with van der Waals surface area (Å²) in [4.78, 5) is 35.7. The Hall–Kier alpha value is -4.17. The fraction of sp³-hybridized carbons (Fsp3) is 0.316. The molecule has 1 N–H and O–H groups in total. The van der Waals surface area contributed by atoms with Crippen LogP contribution in [0.4, 0.5) is 23.5 Å². The highest BCUT2D eigenvalue weighted by Crippen LogP contribution is 2.34. The van der Waals surface area contributed by atoms with E-state index in [1.165, 1.54) is 17.3 Å².